The number of piperidine rings is 1. The van der Waals surface area contributed by atoms with Crippen LogP contribution in [0.4, 0.5) is 10.6 Å². The molecule has 0 spiro atoms. The summed E-state index contributed by atoms with van der Waals surface area (Å²) in [7, 11) is 1.90. The Morgan fingerprint density at radius 3 is 2.47 bits per heavy atom. The van der Waals surface area contributed by atoms with E-state index in [1.165, 1.54) is 0 Å². The van der Waals surface area contributed by atoms with E-state index in [2.05, 4.69) is 26.0 Å². The molecule has 2 atom stereocenters. The lowest BCUT2D eigenvalue weighted by atomic mass is 9.88. The van der Waals surface area contributed by atoms with Crippen LogP contribution in [-0.4, -0.2) is 71.5 Å². The van der Waals surface area contributed by atoms with Crippen LogP contribution in [0.1, 0.15) is 27.2 Å². The molecule has 4 aromatic rings. The van der Waals surface area contributed by atoms with Crippen LogP contribution in [-0.2, 0) is 11.8 Å². The predicted molar refractivity (Wildman–Crippen MR) is 135 cm³/mol. The van der Waals surface area contributed by atoms with Crippen molar-refractivity contribution >= 4 is 22.8 Å². The van der Waals surface area contributed by atoms with Crippen molar-refractivity contribution in [3.05, 3.63) is 49.4 Å². The highest BCUT2D eigenvalue weighted by Gasteiger charge is 2.49. The monoisotopic (exact) mass is 484 g/mol. The summed E-state index contributed by atoms with van der Waals surface area (Å²) in [5, 5.41) is 5.22. The molecule has 3 aromatic heterocycles. The van der Waals surface area contributed by atoms with Crippen molar-refractivity contribution in [2.24, 2.45) is 7.05 Å². The molecule has 36 heavy (non-hydrogen) atoms. The van der Waals surface area contributed by atoms with Gasteiger partial charge in [0.25, 0.3) is 0 Å². The fourth-order valence-corrected chi connectivity index (χ4v) is 5.07. The Balaban J connectivity index is 1.25. The number of piperazine rings is 1. The summed E-state index contributed by atoms with van der Waals surface area (Å²) >= 11 is 0. The molecule has 1 aromatic carbocycles. The van der Waals surface area contributed by atoms with E-state index in [4.69, 9.17) is 14.7 Å². The minimum atomic E-state index is -0.495. The molecule has 3 aliphatic rings. The van der Waals surface area contributed by atoms with Gasteiger partial charge < -0.3 is 9.64 Å². The van der Waals surface area contributed by atoms with Gasteiger partial charge in [-0.05, 0) is 44.9 Å². The van der Waals surface area contributed by atoms with Crippen LogP contribution in [0.25, 0.3) is 33.3 Å². The Labute approximate surface area is 209 Å². The van der Waals surface area contributed by atoms with E-state index in [1.807, 2.05) is 63.6 Å². The van der Waals surface area contributed by atoms with E-state index in [0.29, 0.717) is 0 Å². The summed E-state index contributed by atoms with van der Waals surface area (Å²) in [6, 6.07) is 4.39. The first-order chi connectivity index (χ1) is 17.2. The van der Waals surface area contributed by atoms with Crippen molar-refractivity contribution in [1.29, 1.82) is 0 Å². The van der Waals surface area contributed by atoms with E-state index in [-0.39, 0.29) is 18.2 Å². The van der Waals surface area contributed by atoms with E-state index in [9.17, 15) is 4.79 Å². The molecule has 3 aliphatic heterocycles. The Morgan fingerprint density at radius 1 is 1.00 bits per heavy atom. The number of rotatable bonds is 3. The van der Waals surface area contributed by atoms with Crippen LogP contribution in [0.5, 0.6) is 0 Å². The summed E-state index contributed by atoms with van der Waals surface area (Å²) in [5.41, 5.74) is 4.03. The van der Waals surface area contributed by atoms with E-state index >= 15 is 0 Å². The second kappa shape index (κ2) is 8.25. The number of hydrogen-bond acceptors (Lipinski definition) is 8. The van der Waals surface area contributed by atoms with Crippen molar-refractivity contribution in [2.75, 3.05) is 18.0 Å². The topological polar surface area (TPSA) is 102 Å². The first kappa shape index (κ1) is 22.4. The van der Waals surface area contributed by atoms with Gasteiger partial charge in [-0.2, -0.15) is 5.10 Å². The molecule has 0 aliphatic carbocycles. The van der Waals surface area contributed by atoms with Crippen LogP contribution in [0, 0.1) is 0 Å². The molecule has 0 radical (unpaired) electrons. The quantitative estimate of drug-likeness (QED) is 0.434. The molecule has 10 heteroatoms. The second-order valence-electron chi connectivity index (χ2n) is 10.5. The van der Waals surface area contributed by atoms with Gasteiger partial charge in [-0.1, -0.05) is 0 Å². The van der Waals surface area contributed by atoms with Gasteiger partial charge in [-0.15, -0.1) is 0 Å². The third kappa shape index (κ3) is 4.02. The fourth-order valence-electron chi connectivity index (χ4n) is 5.07. The molecular weight excluding hydrogens is 456 g/mol. The number of carbonyl (C=O) groups excluding carboxylic acids is 1. The number of fused-ring (bicyclic) bond motifs is 3. The zero-order valence-electron chi connectivity index (χ0n) is 20.8. The zero-order chi connectivity index (χ0) is 25.0. The maximum atomic E-state index is 12.6. The molecule has 0 saturated carbocycles. The predicted octanol–water partition coefficient (Wildman–Crippen LogP) is 3.69. The average Bonchev–Trinajstić information content (AvgIpc) is 3.28. The van der Waals surface area contributed by atoms with Crippen molar-refractivity contribution in [3.63, 3.8) is 0 Å². The van der Waals surface area contributed by atoms with Gasteiger partial charge in [0.15, 0.2) is 0 Å². The lowest BCUT2D eigenvalue weighted by Crippen LogP contribution is -2.70. The van der Waals surface area contributed by atoms with Crippen LogP contribution in [0.15, 0.2) is 49.4 Å². The SMILES string of the molecule is Cn1cc(-c2cc(-c3cnc(N4CC5CC(C4)N5C(=O)OC(C)(C)C)cn3)c3cncnc3c2)cn1. The third-order valence-electron chi connectivity index (χ3n) is 6.70. The molecule has 184 valence electrons. The lowest BCUT2D eigenvalue weighted by molar-refractivity contribution is -0.0380. The number of amides is 1. The van der Waals surface area contributed by atoms with Gasteiger partial charge in [0.2, 0.25) is 0 Å². The Hall–Kier alpha value is -4.08. The number of nitrogens with zero attached hydrogens (tertiary/aromatic N) is 8. The van der Waals surface area contributed by atoms with Crippen LogP contribution in [0.3, 0.4) is 0 Å². The lowest BCUT2D eigenvalue weighted by Gasteiger charge is -2.55. The number of aryl methyl sites for hydroxylation is 1. The van der Waals surface area contributed by atoms with Crippen LogP contribution in [0.2, 0.25) is 0 Å². The highest BCUT2D eigenvalue weighted by molar-refractivity contribution is 5.96. The zero-order valence-corrected chi connectivity index (χ0v) is 20.8. The van der Waals surface area contributed by atoms with Crippen molar-refractivity contribution in [3.8, 4) is 22.4 Å². The number of hydrogen-bond donors (Lipinski definition) is 0. The van der Waals surface area contributed by atoms with Gasteiger partial charge in [-0.25, -0.2) is 19.7 Å². The van der Waals surface area contributed by atoms with Crippen molar-refractivity contribution in [2.45, 2.75) is 44.9 Å². The maximum Gasteiger partial charge on any atom is 0.410 e. The summed E-state index contributed by atoms with van der Waals surface area (Å²) in [6.07, 6.45) is 11.5. The Bertz CT molecular complexity index is 1430. The highest BCUT2D eigenvalue weighted by atomic mass is 16.6. The molecule has 1 amide bonds. The molecule has 6 heterocycles. The number of carbonyl (C=O) groups is 1. The minimum absolute atomic E-state index is 0.136. The normalized spacial score (nSPS) is 19.3. The molecule has 3 saturated heterocycles. The summed E-state index contributed by atoms with van der Waals surface area (Å²) in [4.78, 5) is 34.9. The third-order valence-corrected chi connectivity index (χ3v) is 6.70. The molecule has 2 bridgehead atoms. The standard InChI is InChI=1S/C26H28N8O2/c1-26(2,3)36-25(35)34-18-7-19(34)14-33(13-18)24-11-28-23(10-29-24)20-5-16(17-8-31-32(4)12-17)6-22-21(20)9-27-15-30-22/h5-6,8-12,15,18-19H,7,13-14H2,1-4H3. The molecule has 7 rings (SSSR count). The van der Waals surface area contributed by atoms with Gasteiger partial charge >= 0.3 is 6.09 Å². The summed E-state index contributed by atoms with van der Waals surface area (Å²) in [5.74, 6) is 0.807. The van der Waals surface area contributed by atoms with E-state index < -0.39 is 5.60 Å². The first-order valence-corrected chi connectivity index (χ1v) is 12.1. The smallest absolute Gasteiger partial charge is 0.410 e. The molecular formula is C26H28N8O2. The van der Waals surface area contributed by atoms with Gasteiger partial charge in [0, 0.05) is 49.0 Å². The number of anilines is 1. The Morgan fingerprint density at radius 2 is 1.81 bits per heavy atom. The van der Waals surface area contributed by atoms with Gasteiger partial charge in [0.1, 0.15) is 17.7 Å². The first-order valence-electron chi connectivity index (χ1n) is 12.1. The van der Waals surface area contributed by atoms with E-state index in [1.54, 1.807) is 17.2 Å². The van der Waals surface area contributed by atoms with E-state index in [0.717, 1.165) is 58.6 Å². The summed E-state index contributed by atoms with van der Waals surface area (Å²) < 4.78 is 7.37. The largest absolute Gasteiger partial charge is 0.444 e. The number of ether oxygens (including phenoxy) is 1. The van der Waals surface area contributed by atoms with Gasteiger partial charge in [0.05, 0.1) is 41.9 Å². The second-order valence-corrected chi connectivity index (χ2v) is 10.5. The van der Waals surface area contributed by atoms with Crippen LogP contribution >= 0.6 is 0 Å². The summed E-state index contributed by atoms with van der Waals surface area (Å²) in [6.45, 7) is 7.12. The van der Waals surface area contributed by atoms with Crippen LogP contribution < -0.4 is 4.90 Å². The molecule has 3 fully saturated rings. The average molecular weight is 485 g/mol. The number of benzene rings is 1. The minimum Gasteiger partial charge on any atom is -0.444 e. The highest BCUT2D eigenvalue weighted by Crippen LogP contribution is 2.36. The molecule has 10 nitrogen and oxygen atoms in total. The van der Waals surface area contributed by atoms with Crippen molar-refractivity contribution in [1.82, 2.24) is 34.6 Å². The number of aromatic nitrogens is 6. The van der Waals surface area contributed by atoms with Crippen molar-refractivity contribution < 1.29 is 9.53 Å². The molecule has 2 unspecified atom stereocenters. The molecule has 0 N–H and O–H groups in total. The fraction of sp³-hybridized carbons (Fsp3) is 0.385. The maximum absolute atomic E-state index is 12.6. The van der Waals surface area contributed by atoms with Gasteiger partial charge in [-0.3, -0.25) is 14.6 Å². The Kier molecular flexibility index (Phi) is 5.13.